The fraction of sp³-hybridized carbons (Fsp3) is 0.333. The highest BCUT2D eigenvalue weighted by Gasteiger charge is 2.26. The van der Waals surface area contributed by atoms with Crippen molar-refractivity contribution in [3.63, 3.8) is 0 Å². The first-order chi connectivity index (χ1) is 10.1. The second-order valence-corrected chi connectivity index (χ2v) is 7.00. The molecule has 0 radical (unpaired) electrons. The first-order valence-corrected chi connectivity index (χ1v) is 8.47. The minimum Gasteiger partial charge on any atom is -0.292 e. The molecule has 4 nitrogen and oxygen atoms in total. The average molecular weight is 367 g/mol. The van der Waals surface area contributed by atoms with Gasteiger partial charge in [-0.25, -0.2) is 0 Å². The summed E-state index contributed by atoms with van der Waals surface area (Å²) in [5.41, 5.74) is 2.50. The Balaban J connectivity index is 1.85. The van der Waals surface area contributed by atoms with Crippen LogP contribution in [0.5, 0.6) is 0 Å². The Bertz CT molecular complexity index is 686. The molecular weight excluding hydrogens is 352 g/mol. The zero-order valence-corrected chi connectivity index (χ0v) is 14.0. The van der Waals surface area contributed by atoms with Crippen molar-refractivity contribution in [1.29, 1.82) is 0 Å². The molecule has 2 heterocycles. The Morgan fingerprint density at radius 3 is 3.05 bits per heavy atom. The van der Waals surface area contributed by atoms with E-state index in [1.807, 2.05) is 17.4 Å². The Morgan fingerprint density at radius 1 is 1.48 bits per heavy atom. The van der Waals surface area contributed by atoms with Crippen LogP contribution in [0.2, 0.25) is 0 Å². The fourth-order valence-electron chi connectivity index (χ4n) is 2.83. The third kappa shape index (κ3) is 2.75. The molecule has 21 heavy (non-hydrogen) atoms. The van der Waals surface area contributed by atoms with Gasteiger partial charge in [-0.3, -0.25) is 15.0 Å². The molecular formula is C15H15BrN2O2S. The molecule has 0 saturated heterocycles. The lowest BCUT2D eigenvalue weighted by Gasteiger charge is -2.33. The van der Waals surface area contributed by atoms with Gasteiger partial charge in [-0.15, -0.1) is 11.3 Å². The van der Waals surface area contributed by atoms with Gasteiger partial charge in [0, 0.05) is 30.1 Å². The Morgan fingerprint density at radius 2 is 2.29 bits per heavy atom. The summed E-state index contributed by atoms with van der Waals surface area (Å²) in [6.45, 7) is 3.92. The van der Waals surface area contributed by atoms with Gasteiger partial charge in [0.05, 0.1) is 9.40 Å². The first kappa shape index (κ1) is 14.7. The van der Waals surface area contributed by atoms with Crippen molar-refractivity contribution in [3.05, 3.63) is 60.2 Å². The number of benzene rings is 1. The van der Waals surface area contributed by atoms with Gasteiger partial charge in [-0.2, -0.15) is 0 Å². The van der Waals surface area contributed by atoms with Crippen molar-refractivity contribution >= 4 is 33.0 Å². The van der Waals surface area contributed by atoms with E-state index in [0.29, 0.717) is 10.5 Å². The molecule has 3 rings (SSSR count). The molecule has 0 N–H and O–H groups in total. The molecule has 0 bridgehead atoms. The molecule has 0 aliphatic carbocycles. The Labute approximate surface area is 135 Å². The van der Waals surface area contributed by atoms with Gasteiger partial charge in [-0.05, 0) is 51.8 Å². The van der Waals surface area contributed by atoms with Gasteiger partial charge in [0.15, 0.2) is 0 Å². The number of hydrogen-bond acceptors (Lipinski definition) is 4. The van der Waals surface area contributed by atoms with E-state index in [1.165, 1.54) is 16.5 Å². The minimum absolute atomic E-state index is 0.133. The standard InChI is InChI=1S/C15H15BrN2O2S/c1-10-12-6-8-21-14(12)5-7-17(10)9-11-3-2-4-13(15(11)16)18(19)20/h2-4,6,8,10H,5,7,9H2,1H3. The van der Waals surface area contributed by atoms with Gasteiger partial charge in [-0.1, -0.05) is 12.1 Å². The van der Waals surface area contributed by atoms with Crippen molar-refractivity contribution in [1.82, 2.24) is 4.90 Å². The maximum Gasteiger partial charge on any atom is 0.283 e. The summed E-state index contributed by atoms with van der Waals surface area (Å²) >= 11 is 5.21. The lowest BCUT2D eigenvalue weighted by molar-refractivity contribution is -0.385. The number of rotatable bonds is 3. The molecule has 2 aromatic rings. The zero-order chi connectivity index (χ0) is 15.0. The quantitative estimate of drug-likeness (QED) is 0.591. The van der Waals surface area contributed by atoms with Crippen molar-refractivity contribution in [2.75, 3.05) is 6.54 Å². The fourth-order valence-corrected chi connectivity index (χ4v) is 4.32. The maximum atomic E-state index is 11.0. The van der Waals surface area contributed by atoms with Crippen LogP contribution in [0.3, 0.4) is 0 Å². The smallest absolute Gasteiger partial charge is 0.283 e. The second-order valence-electron chi connectivity index (χ2n) is 5.20. The van der Waals surface area contributed by atoms with Crippen molar-refractivity contribution < 1.29 is 4.92 Å². The van der Waals surface area contributed by atoms with Gasteiger partial charge < -0.3 is 0 Å². The van der Waals surface area contributed by atoms with Crippen molar-refractivity contribution in [2.45, 2.75) is 25.9 Å². The molecule has 0 amide bonds. The summed E-state index contributed by atoms with van der Waals surface area (Å²) in [6.07, 6.45) is 1.06. The van der Waals surface area contributed by atoms with Gasteiger partial charge in [0.1, 0.15) is 0 Å². The summed E-state index contributed by atoms with van der Waals surface area (Å²) in [6, 6.07) is 7.78. The normalized spacial score (nSPS) is 18.5. The zero-order valence-electron chi connectivity index (χ0n) is 11.6. The molecule has 1 aliphatic heterocycles. The monoisotopic (exact) mass is 366 g/mol. The number of nitro groups is 1. The molecule has 0 saturated carbocycles. The number of thiophene rings is 1. The lowest BCUT2D eigenvalue weighted by Crippen LogP contribution is -2.32. The largest absolute Gasteiger partial charge is 0.292 e. The minimum atomic E-state index is -0.343. The van der Waals surface area contributed by atoms with E-state index in [-0.39, 0.29) is 10.6 Å². The van der Waals surface area contributed by atoms with Gasteiger partial charge in [0.25, 0.3) is 5.69 Å². The van der Waals surface area contributed by atoms with Crippen LogP contribution in [0.4, 0.5) is 5.69 Å². The van der Waals surface area contributed by atoms with Crippen molar-refractivity contribution in [2.24, 2.45) is 0 Å². The van der Waals surface area contributed by atoms with E-state index < -0.39 is 0 Å². The van der Waals surface area contributed by atoms with E-state index in [0.717, 1.165) is 25.1 Å². The molecule has 0 spiro atoms. The van der Waals surface area contributed by atoms with Crippen LogP contribution in [0.15, 0.2) is 34.1 Å². The molecule has 1 aromatic carbocycles. The highest BCUT2D eigenvalue weighted by Crippen LogP contribution is 2.35. The topological polar surface area (TPSA) is 46.4 Å². The van der Waals surface area contributed by atoms with Crippen LogP contribution >= 0.6 is 27.3 Å². The van der Waals surface area contributed by atoms with Crippen LogP contribution in [-0.2, 0) is 13.0 Å². The van der Waals surface area contributed by atoms with E-state index in [9.17, 15) is 10.1 Å². The Kier molecular flexibility index (Phi) is 4.10. The van der Waals surface area contributed by atoms with Crippen LogP contribution in [0, 0.1) is 10.1 Å². The predicted molar refractivity (Wildman–Crippen MR) is 87.6 cm³/mol. The van der Waals surface area contributed by atoms with Gasteiger partial charge in [0.2, 0.25) is 0 Å². The van der Waals surface area contributed by atoms with E-state index >= 15 is 0 Å². The van der Waals surface area contributed by atoms with Crippen LogP contribution in [-0.4, -0.2) is 16.4 Å². The molecule has 6 heteroatoms. The summed E-state index contributed by atoms with van der Waals surface area (Å²) in [5.74, 6) is 0. The highest BCUT2D eigenvalue weighted by atomic mass is 79.9. The molecule has 0 fully saturated rings. The van der Waals surface area contributed by atoms with E-state index in [1.54, 1.807) is 6.07 Å². The van der Waals surface area contributed by atoms with Crippen LogP contribution < -0.4 is 0 Å². The summed E-state index contributed by atoms with van der Waals surface area (Å²) in [7, 11) is 0. The molecule has 110 valence electrons. The SMILES string of the molecule is CC1c2ccsc2CCN1Cc1cccc([N+](=O)[O-])c1Br. The summed E-state index contributed by atoms with van der Waals surface area (Å²) < 4.78 is 0.596. The summed E-state index contributed by atoms with van der Waals surface area (Å²) in [4.78, 5) is 14.5. The van der Waals surface area contributed by atoms with E-state index in [4.69, 9.17) is 0 Å². The van der Waals surface area contributed by atoms with Gasteiger partial charge >= 0.3 is 0 Å². The molecule has 1 aliphatic rings. The molecule has 1 aromatic heterocycles. The number of hydrogen-bond donors (Lipinski definition) is 0. The maximum absolute atomic E-state index is 11.0. The number of halogens is 1. The third-order valence-electron chi connectivity index (χ3n) is 4.03. The Hall–Kier alpha value is -1.24. The number of nitrogens with zero attached hydrogens (tertiary/aromatic N) is 2. The van der Waals surface area contributed by atoms with Crippen LogP contribution in [0.1, 0.15) is 29.0 Å². The lowest BCUT2D eigenvalue weighted by atomic mass is 10.0. The average Bonchev–Trinajstić information content (AvgIpc) is 2.93. The number of fused-ring (bicyclic) bond motifs is 1. The third-order valence-corrected chi connectivity index (χ3v) is 5.94. The molecule has 1 unspecified atom stereocenters. The van der Waals surface area contributed by atoms with E-state index in [2.05, 4.69) is 39.2 Å². The molecule has 1 atom stereocenters. The van der Waals surface area contributed by atoms with Crippen molar-refractivity contribution in [3.8, 4) is 0 Å². The first-order valence-electron chi connectivity index (χ1n) is 6.80. The van der Waals surface area contributed by atoms with Crippen LogP contribution in [0.25, 0.3) is 0 Å². The second kappa shape index (κ2) is 5.87. The highest BCUT2D eigenvalue weighted by molar-refractivity contribution is 9.10. The predicted octanol–water partition coefficient (Wildman–Crippen LogP) is 4.54. The number of nitro benzene ring substituents is 1. The summed E-state index contributed by atoms with van der Waals surface area (Å²) in [5, 5.41) is 13.2.